The van der Waals surface area contributed by atoms with Crippen LogP contribution in [0.15, 0.2) is 24.4 Å². The molecule has 0 atom stereocenters. The normalized spacial score (nSPS) is 10.7. The summed E-state index contributed by atoms with van der Waals surface area (Å²) in [4.78, 5) is 4.51. The highest BCUT2D eigenvalue weighted by atomic mass is 35.5. The van der Waals surface area contributed by atoms with E-state index in [2.05, 4.69) is 28.7 Å². The number of nitrogens with one attached hydrogen (secondary N) is 1. The molecule has 4 heteroatoms. The molecule has 1 aromatic carbocycles. The van der Waals surface area contributed by atoms with Crippen molar-refractivity contribution in [3.8, 4) is 5.69 Å². The van der Waals surface area contributed by atoms with Crippen LogP contribution in [-0.2, 0) is 0 Å². The summed E-state index contributed by atoms with van der Waals surface area (Å²) in [5.74, 6) is 0.889. The second-order valence-electron chi connectivity index (χ2n) is 4.43. The average molecular weight is 264 g/mol. The van der Waals surface area contributed by atoms with Crippen LogP contribution in [0.2, 0.25) is 5.02 Å². The zero-order valence-electron chi connectivity index (χ0n) is 11.0. The lowest BCUT2D eigenvalue weighted by Crippen LogP contribution is -2.07. The molecular formula is C14H18ClN3. The molecule has 96 valence electrons. The smallest absolute Gasteiger partial charge is 0.207 e. The van der Waals surface area contributed by atoms with Gasteiger partial charge in [0.15, 0.2) is 0 Å². The zero-order chi connectivity index (χ0) is 13.1. The fourth-order valence-electron chi connectivity index (χ4n) is 1.93. The summed E-state index contributed by atoms with van der Waals surface area (Å²) in [5.41, 5.74) is 3.25. The van der Waals surface area contributed by atoms with E-state index in [0.29, 0.717) is 0 Å². The van der Waals surface area contributed by atoms with Crippen LogP contribution in [-0.4, -0.2) is 16.1 Å². The van der Waals surface area contributed by atoms with Crippen molar-refractivity contribution in [1.82, 2.24) is 9.55 Å². The Bertz CT molecular complexity index is 546. The molecule has 0 unspecified atom stereocenters. The van der Waals surface area contributed by atoms with Crippen molar-refractivity contribution >= 4 is 17.5 Å². The Morgan fingerprint density at radius 2 is 2.11 bits per heavy atom. The quantitative estimate of drug-likeness (QED) is 0.905. The van der Waals surface area contributed by atoms with Gasteiger partial charge in [-0.15, -0.1) is 0 Å². The van der Waals surface area contributed by atoms with E-state index in [0.717, 1.165) is 40.9 Å². The van der Waals surface area contributed by atoms with E-state index in [1.54, 1.807) is 0 Å². The van der Waals surface area contributed by atoms with E-state index in [4.69, 9.17) is 11.6 Å². The fraction of sp³-hybridized carbons (Fsp3) is 0.357. The molecule has 18 heavy (non-hydrogen) atoms. The van der Waals surface area contributed by atoms with Gasteiger partial charge < -0.3 is 5.32 Å². The number of halogens is 1. The van der Waals surface area contributed by atoms with E-state index in [1.807, 2.05) is 31.3 Å². The number of hydrogen-bond acceptors (Lipinski definition) is 2. The molecule has 0 spiro atoms. The number of hydrogen-bond donors (Lipinski definition) is 1. The predicted molar refractivity (Wildman–Crippen MR) is 76.8 cm³/mol. The minimum atomic E-state index is 0.760. The van der Waals surface area contributed by atoms with Crippen LogP contribution in [0.1, 0.15) is 24.6 Å². The third kappa shape index (κ3) is 2.67. The zero-order valence-corrected chi connectivity index (χ0v) is 11.8. The summed E-state index contributed by atoms with van der Waals surface area (Å²) in [5, 5.41) is 4.10. The highest BCUT2D eigenvalue weighted by Gasteiger charge is 2.09. The maximum absolute atomic E-state index is 5.99. The lowest BCUT2D eigenvalue weighted by molar-refractivity contribution is 0.934. The van der Waals surface area contributed by atoms with Crippen LogP contribution < -0.4 is 5.32 Å². The molecule has 0 bridgehead atoms. The van der Waals surface area contributed by atoms with E-state index < -0.39 is 0 Å². The van der Waals surface area contributed by atoms with Gasteiger partial charge in [-0.25, -0.2) is 4.98 Å². The van der Waals surface area contributed by atoms with Crippen LogP contribution in [0.25, 0.3) is 5.69 Å². The van der Waals surface area contributed by atoms with Gasteiger partial charge in [0.25, 0.3) is 0 Å². The lowest BCUT2D eigenvalue weighted by atomic mass is 10.2. The molecule has 0 saturated carbocycles. The van der Waals surface area contributed by atoms with Crippen LogP contribution >= 0.6 is 11.6 Å². The second-order valence-corrected chi connectivity index (χ2v) is 4.87. The third-order valence-corrected chi connectivity index (χ3v) is 3.01. The first-order chi connectivity index (χ1) is 8.61. The topological polar surface area (TPSA) is 29.9 Å². The number of anilines is 1. The summed E-state index contributed by atoms with van der Waals surface area (Å²) in [7, 11) is 0. The minimum Gasteiger partial charge on any atom is -0.355 e. The Morgan fingerprint density at radius 1 is 1.33 bits per heavy atom. The molecule has 0 aliphatic carbocycles. The highest BCUT2D eigenvalue weighted by molar-refractivity contribution is 6.30. The van der Waals surface area contributed by atoms with Crippen molar-refractivity contribution in [2.75, 3.05) is 11.9 Å². The molecule has 1 N–H and O–H groups in total. The van der Waals surface area contributed by atoms with Crippen LogP contribution in [0.5, 0.6) is 0 Å². The van der Waals surface area contributed by atoms with Gasteiger partial charge in [-0.3, -0.25) is 4.57 Å². The number of nitrogens with zero attached hydrogens (tertiary/aromatic N) is 2. The first kappa shape index (κ1) is 13.0. The van der Waals surface area contributed by atoms with Gasteiger partial charge in [0.2, 0.25) is 5.95 Å². The minimum absolute atomic E-state index is 0.760. The Labute approximate surface area is 113 Å². The molecule has 0 radical (unpaired) electrons. The Morgan fingerprint density at radius 3 is 2.78 bits per heavy atom. The van der Waals surface area contributed by atoms with Crippen molar-refractivity contribution in [3.63, 3.8) is 0 Å². The van der Waals surface area contributed by atoms with Gasteiger partial charge in [0.1, 0.15) is 0 Å². The SMILES string of the molecule is CCCNc1nc(C)cn1-c1ccc(Cl)cc1C. The maximum atomic E-state index is 5.99. The number of imidazole rings is 1. The van der Waals surface area contributed by atoms with Gasteiger partial charge in [-0.2, -0.15) is 0 Å². The van der Waals surface area contributed by atoms with Crippen LogP contribution in [0.4, 0.5) is 5.95 Å². The summed E-state index contributed by atoms with van der Waals surface area (Å²) in [6.07, 6.45) is 3.11. The van der Waals surface area contributed by atoms with Gasteiger partial charge in [0, 0.05) is 17.8 Å². The first-order valence-electron chi connectivity index (χ1n) is 6.18. The number of benzene rings is 1. The molecule has 1 aromatic heterocycles. The summed E-state index contributed by atoms with van der Waals surface area (Å²) < 4.78 is 2.08. The van der Waals surface area contributed by atoms with E-state index >= 15 is 0 Å². The maximum Gasteiger partial charge on any atom is 0.207 e. The molecule has 0 amide bonds. The number of aryl methyl sites for hydroxylation is 2. The highest BCUT2D eigenvalue weighted by Crippen LogP contribution is 2.22. The first-order valence-corrected chi connectivity index (χ1v) is 6.56. The van der Waals surface area contributed by atoms with E-state index in [9.17, 15) is 0 Å². The number of aromatic nitrogens is 2. The van der Waals surface area contributed by atoms with Crippen molar-refractivity contribution in [3.05, 3.63) is 40.7 Å². The molecule has 2 aromatic rings. The summed E-state index contributed by atoms with van der Waals surface area (Å²) in [6.45, 7) is 7.11. The molecule has 1 heterocycles. The predicted octanol–water partition coefficient (Wildman–Crippen LogP) is 3.96. The molecule has 0 saturated heterocycles. The molecule has 0 fully saturated rings. The van der Waals surface area contributed by atoms with Crippen LogP contribution in [0.3, 0.4) is 0 Å². The number of rotatable bonds is 4. The van der Waals surface area contributed by atoms with E-state index in [-0.39, 0.29) is 0 Å². The Hall–Kier alpha value is -1.48. The van der Waals surface area contributed by atoms with Crippen LogP contribution in [0, 0.1) is 13.8 Å². The summed E-state index contributed by atoms with van der Waals surface area (Å²) >= 11 is 5.99. The monoisotopic (exact) mass is 263 g/mol. The largest absolute Gasteiger partial charge is 0.355 e. The Kier molecular flexibility index (Phi) is 3.92. The lowest BCUT2D eigenvalue weighted by Gasteiger charge is -2.11. The molecule has 3 nitrogen and oxygen atoms in total. The molecule has 0 aliphatic heterocycles. The Balaban J connectivity index is 2.42. The second kappa shape index (κ2) is 5.44. The van der Waals surface area contributed by atoms with Gasteiger partial charge >= 0.3 is 0 Å². The molecule has 2 rings (SSSR count). The van der Waals surface area contributed by atoms with Gasteiger partial charge in [-0.05, 0) is 44.0 Å². The van der Waals surface area contributed by atoms with Crippen molar-refractivity contribution < 1.29 is 0 Å². The summed E-state index contributed by atoms with van der Waals surface area (Å²) in [6, 6.07) is 5.90. The fourth-order valence-corrected chi connectivity index (χ4v) is 2.16. The molecular weight excluding hydrogens is 246 g/mol. The van der Waals surface area contributed by atoms with Crippen molar-refractivity contribution in [2.24, 2.45) is 0 Å². The molecule has 0 aliphatic rings. The van der Waals surface area contributed by atoms with E-state index in [1.165, 1.54) is 0 Å². The van der Waals surface area contributed by atoms with Gasteiger partial charge in [-0.1, -0.05) is 18.5 Å². The third-order valence-electron chi connectivity index (χ3n) is 2.78. The average Bonchev–Trinajstić information content (AvgIpc) is 2.67. The standard InChI is InChI=1S/C14H18ClN3/c1-4-7-16-14-17-11(3)9-18(14)13-6-5-12(15)8-10(13)2/h5-6,8-9H,4,7H2,1-3H3,(H,16,17). The van der Waals surface area contributed by atoms with Gasteiger partial charge in [0.05, 0.1) is 11.4 Å². The van der Waals surface area contributed by atoms with Crippen molar-refractivity contribution in [2.45, 2.75) is 27.2 Å². The van der Waals surface area contributed by atoms with Crippen molar-refractivity contribution in [1.29, 1.82) is 0 Å².